The van der Waals surface area contributed by atoms with Gasteiger partial charge in [-0.05, 0) is 36.4 Å². The Hall–Kier alpha value is -2.19. The van der Waals surface area contributed by atoms with Crippen LogP contribution < -0.4 is 4.18 Å². The average Bonchev–Trinajstić information content (AvgIpc) is 2.61. The first-order valence-corrected chi connectivity index (χ1v) is 9.44. The number of rotatable bonds is 6. The lowest BCUT2D eigenvalue weighted by Gasteiger charge is -2.11. The Labute approximate surface area is 154 Å². The number of ketones is 1. The molecule has 2 aromatic carbocycles. The van der Waals surface area contributed by atoms with E-state index in [4.69, 9.17) is 4.18 Å². The lowest BCUT2D eigenvalue weighted by Crippen LogP contribution is -2.13. The minimum Gasteiger partial charge on any atom is -0.465 e. The Kier molecular flexibility index (Phi) is 5.97. The molecular formula is C17H15BrO6S. The molecule has 2 rings (SSSR count). The first-order valence-electron chi connectivity index (χ1n) is 7.24. The van der Waals surface area contributed by atoms with E-state index in [1.165, 1.54) is 37.4 Å². The van der Waals surface area contributed by atoms with Crippen molar-refractivity contribution in [3.63, 3.8) is 0 Å². The first-order chi connectivity index (χ1) is 11.8. The fourth-order valence-electron chi connectivity index (χ4n) is 2.05. The molecule has 0 amide bonds. The van der Waals surface area contributed by atoms with Crippen molar-refractivity contribution >= 4 is 37.8 Å². The fourth-order valence-corrected chi connectivity index (χ4v) is 3.40. The predicted octanol–water partition coefficient (Wildman–Crippen LogP) is 3.60. The lowest BCUT2D eigenvalue weighted by molar-refractivity contribution is 0.0600. The summed E-state index contributed by atoms with van der Waals surface area (Å²) in [5.74, 6) is -0.990. The van der Waals surface area contributed by atoms with Crippen LogP contribution in [0.5, 0.6) is 5.75 Å². The van der Waals surface area contributed by atoms with Crippen molar-refractivity contribution in [2.75, 3.05) is 7.11 Å². The number of benzene rings is 2. The van der Waals surface area contributed by atoms with E-state index < -0.39 is 16.1 Å². The first kappa shape index (κ1) is 19.1. The van der Waals surface area contributed by atoms with Crippen LogP contribution in [0.3, 0.4) is 0 Å². The van der Waals surface area contributed by atoms with Crippen molar-refractivity contribution in [2.45, 2.75) is 18.2 Å². The predicted molar refractivity (Wildman–Crippen MR) is 94.4 cm³/mol. The van der Waals surface area contributed by atoms with Gasteiger partial charge in [-0.15, -0.1) is 0 Å². The molecule has 132 valence electrons. The van der Waals surface area contributed by atoms with E-state index in [-0.39, 0.29) is 34.0 Å². The van der Waals surface area contributed by atoms with Crippen LogP contribution in [-0.2, 0) is 14.9 Å². The normalized spacial score (nSPS) is 11.0. The molecule has 0 saturated carbocycles. The van der Waals surface area contributed by atoms with Crippen molar-refractivity contribution < 1.29 is 26.9 Å². The Bertz CT molecular complexity index is 920. The number of Topliss-reactive ketones (excluding diaryl/α,β-unsaturated/α-hetero) is 1. The minimum absolute atomic E-state index is 0.0708. The summed E-state index contributed by atoms with van der Waals surface area (Å²) in [4.78, 5) is 23.4. The second kappa shape index (κ2) is 7.79. The number of hydrogen-bond acceptors (Lipinski definition) is 6. The highest BCUT2D eigenvalue weighted by molar-refractivity contribution is 9.10. The van der Waals surface area contributed by atoms with Gasteiger partial charge in [0, 0.05) is 10.9 Å². The lowest BCUT2D eigenvalue weighted by atomic mass is 10.1. The third-order valence-electron chi connectivity index (χ3n) is 3.31. The summed E-state index contributed by atoms with van der Waals surface area (Å²) in [6.07, 6.45) is 0.199. The molecule has 0 N–H and O–H groups in total. The van der Waals surface area contributed by atoms with Crippen LogP contribution in [0.1, 0.15) is 34.1 Å². The Morgan fingerprint density at radius 3 is 2.48 bits per heavy atom. The van der Waals surface area contributed by atoms with Crippen LogP contribution in [0, 0.1) is 0 Å². The van der Waals surface area contributed by atoms with Crippen molar-refractivity contribution in [1.82, 2.24) is 0 Å². The van der Waals surface area contributed by atoms with Gasteiger partial charge in [0.2, 0.25) is 0 Å². The van der Waals surface area contributed by atoms with Crippen molar-refractivity contribution in [1.29, 1.82) is 0 Å². The zero-order chi connectivity index (χ0) is 18.6. The molecule has 0 fully saturated rings. The minimum atomic E-state index is -4.23. The van der Waals surface area contributed by atoms with Crippen molar-refractivity contribution in [3.8, 4) is 5.75 Å². The van der Waals surface area contributed by atoms with E-state index in [0.717, 1.165) is 6.07 Å². The quantitative estimate of drug-likeness (QED) is 0.398. The molecule has 0 radical (unpaired) electrons. The highest BCUT2D eigenvalue weighted by Gasteiger charge is 2.22. The van der Waals surface area contributed by atoms with Gasteiger partial charge >= 0.3 is 16.1 Å². The van der Waals surface area contributed by atoms with Crippen molar-refractivity contribution in [2.24, 2.45) is 0 Å². The highest BCUT2D eigenvalue weighted by Crippen LogP contribution is 2.27. The molecule has 0 aromatic heterocycles. The van der Waals surface area contributed by atoms with Gasteiger partial charge in [-0.25, -0.2) is 4.79 Å². The smallest absolute Gasteiger partial charge is 0.339 e. The molecular weight excluding hydrogens is 412 g/mol. The van der Waals surface area contributed by atoms with Crippen LogP contribution >= 0.6 is 15.9 Å². The maximum atomic E-state index is 12.5. The van der Waals surface area contributed by atoms with Crippen LogP contribution in [0.2, 0.25) is 0 Å². The van der Waals surface area contributed by atoms with Gasteiger partial charge in [-0.3, -0.25) is 4.79 Å². The Balaban J connectivity index is 2.43. The summed E-state index contributed by atoms with van der Waals surface area (Å²) in [5, 5.41) is 0. The zero-order valence-corrected chi connectivity index (χ0v) is 15.9. The van der Waals surface area contributed by atoms with E-state index in [1.54, 1.807) is 13.0 Å². The molecule has 0 heterocycles. The van der Waals surface area contributed by atoms with Crippen LogP contribution in [-0.4, -0.2) is 27.3 Å². The Morgan fingerprint density at radius 1 is 1.12 bits per heavy atom. The van der Waals surface area contributed by atoms with Crippen LogP contribution in [0.4, 0.5) is 0 Å². The number of methoxy groups -OCH3 is 1. The number of carbonyl (C=O) groups is 2. The summed E-state index contributed by atoms with van der Waals surface area (Å²) >= 11 is 3.24. The maximum absolute atomic E-state index is 12.5. The second-order valence-corrected chi connectivity index (χ2v) is 7.44. The largest absolute Gasteiger partial charge is 0.465 e. The zero-order valence-electron chi connectivity index (χ0n) is 13.5. The van der Waals surface area contributed by atoms with Crippen molar-refractivity contribution in [3.05, 3.63) is 58.1 Å². The molecule has 0 atom stereocenters. The summed E-state index contributed by atoms with van der Waals surface area (Å²) in [7, 11) is -3.03. The summed E-state index contributed by atoms with van der Waals surface area (Å²) in [6, 6.07) is 9.75. The van der Waals surface area contributed by atoms with Crippen LogP contribution in [0.15, 0.2) is 51.8 Å². The van der Waals surface area contributed by atoms with E-state index >= 15 is 0 Å². The number of hydrogen-bond donors (Lipinski definition) is 0. The Morgan fingerprint density at radius 2 is 1.84 bits per heavy atom. The van der Waals surface area contributed by atoms with Crippen LogP contribution in [0.25, 0.3) is 0 Å². The maximum Gasteiger partial charge on any atom is 0.339 e. The fraction of sp³-hybridized carbons (Fsp3) is 0.176. The van der Waals surface area contributed by atoms with Gasteiger partial charge < -0.3 is 8.92 Å². The summed E-state index contributed by atoms with van der Waals surface area (Å²) in [5.41, 5.74) is 0.234. The van der Waals surface area contributed by atoms with E-state index in [2.05, 4.69) is 20.7 Å². The average molecular weight is 427 g/mol. The number of esters is 1. The molecule has 0 bridgehead atoms. The standard InChI is InChI=1S/C17H15BrO6S/c1-3-15(19)14-10-12(18)7-8-16(14)24-25(21,22)13-6-4-5-11(9-13)17(20)23-2/h4-10H,3H2,1-2H3. The number of halogens is 1. The number of ether oxygens (including phenoxy) is 1. The molecule has 25 heavy (non-hydrogen) atoms. The molecule has 0 saturated heterocycles. The van der Waals surface area contributed by atoms with Gasteiger partial charge in [0.05, 0.1) is 18.2 Å². The highest BCUT2D eigenvalue weighted by atomic mass is 79.9. The molecule has 2 aromatic rings. The molecule has 0 aliphatic heterocycles. The summed E-state index contributed by atoms with van der Waals surface area (Å²) in [6.45, 7) is 1.67. The molecule has 0 aliphatic rings. The molecule has 0 aliphatic carbocycles. The molecule has 0 spiro atoms. The van der Waals surface area contributed by atoms with Gasteiger partial charge in [-0.2, -0.15) is 8.42 Å². The third kappa shape index (κ3) is 4.46. The van der Waals surface area contributed by atoms with E-state index in [9.17, 15) is 18.0 Å². The van der Waals surface area contributed by atoms with Gasteiger partial charge in [0.1, 0.15) is 4.90 Å². The summed E-state index contributed by atoms with van der Waals surface area (Å²) < 4.78 is 35.4. The van der Waals surface area contributed by atoms with Gasteiger partial charge in [0.15, 0.2) is 11.5 Å². The number of carbonyl (C=O) groups excluding carboxylic acids is 2. The third-order valence-corrected chi connectivity index (χ3v) is 5.03. The molecule has 0 unspecified atom stereocenters. The molecule has 8 heteroatoms. The SMILES string of the molecule is CCC(=O)c1cc(Br)ccc1OS(=O)(=O)c1cccc(C(=O)OC)c1. The van der Waals surface area contributed by atoms with E-state index in [1.807, 2.05) is 0 Å². The second-order valence-electron chi connectivity index (χ2n) is 4.97. The molecule has 6 nitrogen and oxygen atoms in total. The van der Waals surface area contributed by atoms with Gasteiger partial charge in [-0.1, -0.05) is 28.9 Å². The monoisotopic (exact) mass is 426 g/mol. The van der Waals surface area contributed by atoms with Gasteiger partial charge in [0.25, 0.3) is 0 Å². The van der Waals surface area contributed by atoms with E-state index in [0.29, 0.717) is 4.47 Å². The topological polar surface area (TPSA) is 86.7 Å².